The van der Waals surface area contributed by atoms with Gasteiger partial charge in [-0.3, -0.25) is 14.7 Å². The molecule has 8 heteroatoms. The minimum atomic E-state index is 0.0424. The summed E-state index contributed by atoms with van der Waals surface area (Å²) >= 11 is 9.60. The van der Waals surface area contributed by atoms with E-state index < -0.39 is 0 Å². The molecule has 2 fully saturated rings. The minimum Gasteiger partial charge on any atom is -0.493 e. The number of amidine groups is 1. The predicted octanol–water partition coefficient (Wildman–Crippen LogP) is 10.9. The van der Waals surface area contributed by atoms with Gasteiger partial charge >= 0.3 is 0 Å². The quantitative estimate of drug-likeness (QED) is 0.165. The Hall–Kier alpha value is -2.09. The Bertz CT molecular complexity index is 1480. The highest BCUT2D eigenvalue weighted by Crippen LogP contribution is 2.52. The Kier molecular flexibility index (Phi) is 11.5. The second-order valence-electron chi connectivity index (χ2n) is 14.1. The largest absolute Gasteiger partial charge is 0.493 e. The molecule has 0 unspecified atom stereocenters. The highest BCUT2D eigenvalue weighted by atomic mass is 35.5. The summed E-state index contributed by atoms with van der Waals surface area (Å²) < 4.78 is 6.44. The van der Waals surface area contributed by atoms with Crippen LogP contribution in [-0.4, -0.2) is 41.7 Å². The normalized spacial score (nSPS) is 20.3. The van der Waals surface area contributed by atoms with Crippen LogP contribution in [-0.2, 0) is 15.6 Å². The van der Waals surface area contributed by atoms with Crippen LogP contribution in [0.2, 0.25) is 5.02 Å². The first-order valence-corrected chi connectivity index (χ1v) is 19.3. The Morgan fingerprint density at radius 1 is 0.935 bits per heavy atom. The van der Waals surface area contributed by atoms with E-state index in [0.29, 0.717) is 18.2 Å². The summed E-state index contributed by atoms with van der Waals surface area (Å²) in [6, 6.07) is 13.0. The van der Waals surface area contributed by atoms with Crippen LogP contribution < -0.4 is 9.64 Å². The van der Waals surface area contributed by atoms with E-state index in [4.69, 9.17) is 21.3 Å². The average Bonchev–Trinajstić information content (AvgIpc) is 3.58. The SMILES string of the molecule is CCN1C(=C2SC(=NCCCCOc3ccc(C(C)(C)CC)cc3C(C)(C)CC)N(C3CCCCC3)C2=O)Sc2ccc(Cl)cc21. The Balaban J connectivity index is 1.28. The number of benzene rings is 2. The van der Waals surface area contributed by atoms with Crippen molar-refractivity contribution in [2.75, 3.05) is 24.6 Å². The lowest BCUT2D eigenvalue weighted by Gasteiger charge is -2.30. The smallest absolute Gasteiger partial charge is 0.269 e. The van der Waals surface area contributed by atoms with E-state index in [-0.39, 0.29) is 22.8 Å². The van der Waals surface area contributed by atoms with Gasteiger partial charge in [0, 0.05) is 34.6 Å². The number of carbonyl (C=O) groups is 1. The van der Waals surface area contributed by atoms with Gasteiger partial charge in [0.05, 0.1) is 12.3 Å². The molecule has 0 atom stereocenters. The first kappa shape index (κ1) is 35.2. The summed E-state index contributed by atoms with van der Waals surface area (Å²) in [6.07, 6.45) is 9.66. The van der Waals surface area contributed by atoms with E-state index in [1.807, 2.05) is 17.0 Å². The number of thioether (sulfide) groups is 2. The first-order chi connectivity index (χ1) is 22.0. The van der Waals surface area contributed by atoms with Crippen LogP contribution in [0, 0.1) is 0 Å². The molecule has 2 aliphatic heterocycles. The molecule has 1 saturated carbocycles. The van der Waals surface area contributed by atoms with Crippen LogP contribution in [0.1, 0.15) is 117 Å². The van der Waals surface area contributed by atoms with Gasteiger partial charge in [-0.25, -0.2) is 0 Å². The van der Waals surface area contributed by atoms with Crippen molar-refractivity contribution in [2.24, 2.45) is 4.99 Å². The number of hydrogen-bond donors (Lipinski definition) is 0. The number of unbranched alkanes of at least 4 members (excludes halogenated alkanes) is 1. The number of fused-ring (bicyclic) bond motifs is 1. The topological polar surface area (TPSA) is 45.1 Å². The summed E-state index contributed by atoms with van der Waals surface area (Å²) in [4.78, 5) is 25.4. The Morgan fingerprint density at radius 3 is 2.37 bits per heavy atom. The number of anilines is 1. The van der Waals surface area contributed by atoms with Crippen molar-refractivity contribution in [3.05, 3.63) is 62.5 Å². The summed E-state index contributed by atoms with van der Waals surface area (Å²) in [5.41, 5.74) is 3.94. The summed E-state index contributed by atoms with van der Waals surface area (Å²) in [7, 11) is 0. The van der Waals surface area contributed by atoms with Crippen LogP contribution in [0.25, 0.3) is 0 Å². The molecule has 46 heavy (non-hydrogen) atoms. The Morgan fingerprint density at radius 2 is 1.67 bits per heavy atom. The van der Waals surface area contributed by atoms with Crippen molar-refractivity contribution >= 4 is 51.9 Å². The first-order valence-electron chi connectivity index (χ1n) is 17.3. The van der Waals surface area contributed by atoms with Gasteiger partial charge in [0.25, 0.3) is 5.91 Å². The standard InChI is InChI=1S/C38H52ClN3O2S2/c1-8-37(4,5)26-18-20-31(29(24-26)38(6,7)9-2)44-23-15-14-22-40-36-42(28-16-12-11-13-17-28)34(43)33(46-36)35-41(10-3)30-25-27(39)19-21-32(30)45-35/h18-21,24-25,28H,8-17,22-23H2,1-7H3. The third-order valence-electron chi connectivity index (χ3n) is 10.2. The van der Waals surface area contributed by atoms with Crippen molar-refractivity contribution in [3.8, 4) is 5.75 Å². The van der Waals surface area contributed by atoms with Crippen LogP contribution in [0.5, 0.6) is 5.75 Å². The number of nitrogens with zero attached hydrogens (tertiary/aromatic N) is 3. The molecule has 0 spiro atoms. The van der Waals surface area contributed by atoms with Crippen LogP contribution in [0.3, 0.4) is 0 Å². The molecular weight excluding hydrogens is 630 g/mol. The predicted molar refractivity (Wildman–Crippen MR) is 199 cm³/mol. The number of rotatable bonds is 12. The van der Waals surface area contributed by atoms with Crippen LogP contribution >= 0.6 is 35.1 Å². The summed E-state index contributed by atoms with van der Waals surface area (Å²) in [5.74, 6) is 1.11. The number of aliphatic imine (C=N–C) groups is 1. The minimum absolute atomic E-state index is 0.0424. The molecule has 0 bridgehead atoms. The average molecular weight is 682 g/mol. The van der Waals surface area contributed by atoms with E-state index >= 15 is 0 Å². The van der Waals surface area contributed by atoms with Crippen LogP contribution in [0.15, 0.2) is 56.2 Å². The maximum absolute atomic E-state index is 14.1. The molecule has 5 rings (SSSR count). The summed E-state index contributed by atoms with van der Waals surface area (Å²) in [5, 5.41) is 2.59. The number of carbonyl (C=O) groups excluding carboxylic acids is 1. The zero-order valence-corrected chi connectivity index (χ0v) is 31.3. The van der Waals surface area contributed by atoms with E-state index in [1.165, 1.54) is 30.4 Å². The lowest BCUT2D eigenvalue weighted by molar-refractivity contribution is -0.124. The zero-order chi connectivity index (χ0) is 33.1. The number of ether oxygens (including phenoxy) is 1. The van der Waals surface area contributed by atoms with E-state index in [2.05, 4.69) is 77.6 Å². The molecule has 1 saturated heterocycles. The highest BCUT2D eigenvalue weighted by Gasteiger charge is 2.42. The molecule has 2 heterocycles. The van der Waals surface area contributed by atoms with Gasteiger partial charge < -0.3 is 9.64 Å². The van der Waals surface area contributed by atoms with E-state index in [1.54, 1.807) is 23.5 Å². The zero-order valence-electron chi connectivity index (χ0n) is 28.9. The molecule has 250 valence electrons. The molecular formula is C38H52ClN3O2S2. The van der Waals surface area contributed by atoms with Crippen molar-refractivity contribution in [3.63, 3.8) is 0 Å². The van der Waals surface area contributed by atoms with Gasteiger partial charge in [-0.1, -0.05) is 96.3 Å². The van der Waals surface area contributed by atoms with Crippen molar-refractivity contribution < 1.29 is 9.53 Å². The lowest BCUT2D eigenvalue weighted by Crippen LogP contribution is -2.40. The molecule has 0 N–H and O–H groups in total. The van der Waals surface area contributed by atoms with E-state index in [0.717, 1.165) is 76.5 Å². The lowest BCUT2D eigenvalue weighted by atomic mass is 9.76. The van der Waals surface area contributed by atoms with Crippen molar-refractivity contribution in [1.82, 2.24) is 4.90 Å². The molecule has 0 aromatic heterocycles. The van der Waals surface area contributed by atoms with Gasteiger partial charge in [0.1, 0.15) is 15.7 Å². The Labute approximate surface area is 291 Å². The number of hydrogen-bond acceptors (Lipinski definition) is 6. The van der Waals surface area contributed by atoms with E-state index in [9.17, 15) is 4.79 Å². The van der Waals surface area contributed by atoms with Gasteiger partial charge in [-0.05, 0) is 97.9 Å². The highest BCUT2D eigenvalue weighted by molar-refractivity contribution is 8.19. The third kappa shape index (κ3) is 7.47. The maximum Gasteiger partial charge on any atom is 0.269 e. The second kappa shape index (κ2) is 15.0. The van der Waals surface area contributed by atoms with Gasteiger partial charge in [0.15, 0.2) is 5.17 Å². The molecule has 0 radical (unpaired) electrons. The van der Waals surface area contributed by atoms with Gasteiger partial charge in [-0.15, -0.1) is 0 Å². The molecule has 2 aromatic carbocycles. The fourth-order valence-corrected chi connectivity index (χ4v) is 9.00. The van der Waals surface area contributed by atoms with Gasteiger partial charge in [0.2, 0.25) is 0 Å². The maximum atomic E-state index is 14.1. The number of halogens is 1. The molecule has 3 aliphatic rings. The fraction of sp³-hybridized carbons (Fsp3) is 0.579. The second-order valence-corrected chi connectivity index (χ2v) is 16.5. The van der Waals surface area contributed by atoms with Crippen molar-refractivity contribution in [2.45, 2.75) is 128 Å². The molecule has 1 aliphatic carbocycles. The fourth-order valence-electron chi connectivity index (χ4n) is 6.40. The molecule has 2 aromatic rings. The summed E-state index contributed by atoms with van der Waals surface area (Å²) in [6.45, 7) is 18.0. The molecule has 1 amide bonds. The third-order valence-corrected chi connectivity index (χ3v) is 12.9. The number of amides is 1. The monoisotopic (exact) mass is 681 g/mol. The van der Waals surface area contributed by atoms with Crippen LogP contribution in [0.4, 0.5) is 5.69 Å². The van der Waals surface area contributed by atoms with Gasteiger partial charge in [-0.2, -0.15) is 0 Å². The molecule has 5 nitrogen and oxygen atoms in total. The van der Waals surface area contributed by atoms with Crippen molar-refractivity contribution in [1.29, 1.82) is 0 Å².